The molecule has 0 fully saturated rings. The summed E-state index contributed by atoms with van der Waals surface area (Å²) in [5.74, 6) is 0.612. The highest BCUT2D eigenvalue weighted by Crippen LogP contribution is 2.43. The molecule has 0 bridgehead atoms. The van der Waals surface area contributed by atoms with E-state index < -0.39 is 5.41 Å². The summed E-state index contributed by atoms with van der Waals surface area (Å²) in [6, 6.07) is 34.0. The van der Waals surface area contributed by atoms with Gasteiger partial charge in [0.25, 0.3) is 0 Å². The Morgan fingerprint density at radius 3 is 1.63 bits per heavy atom. The molecule has 2 heterocycles. The van der Waals surface area contributed by atoms with Crippen LogP contribution in [0.25, 0.3) is 11.0 Å². The molecule has 0 unspecified atom stereocenters. The number of hydrogen-bond acceptors (Lipinski definition) is 3. The molecule has 0 spiro atoms. The van der Waals surface area contributed by atoms with Crippen LogP contribution in [0.2, 0.25) is 0 Å². The number of nitrogens with zero attached hydrogens (tertiary/aromatic N) is 2. The van der Waals surface area contributed by atoms with Crippen molar-refractivity contribution < 1.29 is 0 Å². The van der Waals surface area contributed by atoms with Crippen LogP contribution in [0.5, 0.6) is 0 Å². The Balaban J connectivity index is 1.92. The topological polar surface area (TPSA) is 58.6 Å². The predicted octanol–water partition coefficient (Wildman–Crippen LogP) is 4.70. The van der Waals surface area contributed by atoms with Crippen LogP contribution in [0.15, 0.2) is 114 Å². The van der Waals surface area contributed by atoms with Gasteiger partial charge in [-0.25, -0.2) is 9.97 Å². The van der Waals surface area contributed by atoms with Crippen molar-refractivity contribution in [3.63, 3.8) is 0 Å². The molecular weight excluding hydrogens is 370 g/mol. The summed E-state index contributed by atoms with van der Waals surface area (Å²) in [4.78, 5) is 24.5. The number of H-pyrrole nitrogens is 1. The smallest absolute Gasteiger partial charge is 0.249 e. The first-order valence-corrected chi connectivity index (χ1v) is 9.81. The standard InChI is InChI=1S/C26H19N3O/c30-23-17-16-19-18-27-25(29-24(19)28-23)26(20-10-4-1-5-11-20,21-12-6-2-7-13-21)22-14-8-3-9-15-22/h1-18H,(H,27,28,29,30). The molecule has 4 heteroatoms. The van der Waals surface area contributed by atoms with Crippen LogP contribution in [-0.4, -0.2) is 15.0 Å². The van der Waals surface area contributed by atoms with E-state index in [4.69, 9.17) is 9.97 Å². The summed E-state index contributed by atoms with van der Waals surface area (Å²) in [6.07, 6.45) is 1.77. The first kappa shape index (κ1) is 18.0. The van der Waals surface area contributed by atoms with Crippen LogP contribution in [0, 0.1) is 0 Å². The molecule has 0 atom stereocenters. The minimum atomic E-state index is -0.731. The van der Waals surface area contributed by atoms with Gasteiger partial charge in [0.05, 0.1) is 0 Å². The van der Waals surface area contributed by atoms with E-state index in [-0.39, 0.29) is 5.56 Å². The van der Waals surface area contributed by atoms with Gasteiger partial charge in [-0.15, -0.1) is 0 Å². The molecule has 0 amide bonds. The number of hydrogen-bond donors (Lipinski definition) is 1. The van der Waals surface area contributed by atoms with E-state index in [1.165, 1.54) is 6.07 Å². The van der Waals surface area contributed by atoms with Gasteiger partial charge in [-0.2, -0.15) is 0 Å². The van der Waals surface area contributed by atoms with Crippen molar-refractivity contribution >= 4 is 11.0 Å². The highest BCUT2D eigenvalue weighted by atomic mass is 16.1. The first-order chi connectivity index (χ1) is 14.8. The zero-order chi connectivity index (χ0) is 20.4. The molecule has 4 nitrogen and oxygen atoms in total. The lowest BCUT2D eigenvalue weighted by Crippen LogP contribution is -2.33. The Labute approximate surface area is 173 Å². The van der Waals surface area contributed by atoms with Crippen LogP contribution in [-0.2, 0) is 5.41 Å². The van der Waals surface area contributed by atoms with Gasteiger partial charge >= 0.3 is 0 Å². The zero-order valence-corrected chi connectivity index (χ0v) is 16.2. The highest BCUT2D eigenvalue weighted by molar-refractivity contribution is 5.73. The normalized spacial score (nSPS) is 11.5. The van der Waals surface area contributed by atoms with E-state index in [1.54, 1.807) is 12.3 Å². The monoisotopic (exact) mass is 389 g/mol. The number of fused-ring (bicyclic) bond motifs is 1. The molecule has 0 aliphatic heterocycles. The Kier molecular flexibility index (Phi) is 4.45. The lowest BCUT2D eigenvalue weighted by Gasteiger charge is -2.34. The largest absolute Gasteiger partial charge is 0.306 e. The van der Waals surface area contributed by atoms with E-state index >= 15 is 0 Å². The minimum Gasteiger partial charge on any atom is -0.306 e. The van der Waals surface area contributed by atoms with Gasteiger partial charge in [0.2, 0.25) is 5.56 Å². The number of benzene rings is 3. The molecule has 5 rings (SSSR count). The molecular formula is C26H19N3O. The SMILES string of the molecule is O=c1ccc2cnc(C(c3ccccc3)(c3ccccc3)c3ccccc3)nc2[nH]1. The molecule has 0 saturated carbocycles. The molecule has 0 saturated heterocycles. The van der Waals surface area contributed by atoms with Crippen molar-refractivity contribution in [1.82, 2.24) is 15.0 Å². The summed E-state index contributed by atoms with van der Waals surface area (Å²) < 4.78 is 0. The molecule has 144 valence electrons. The van der Waals surface area contributed by atoms with Crippen molar-refractivity contribution in [2.24, 2.45) is 0 Å². The molecule has 0 aliphatic carbocycles. The van der Waals surface area contributed by atoms with Gasteiger partial charge in [0.15, 0.2) is 0 Å². The molecule has 3 aromatic carbocycles. The fraction of sp³-hybridized carbons (Fsp3) is 0.0385. The summed E-state index contributed by atoms with van der Waals surface area (Å²) in [7, 11) is 0. The first-order valence-electron chi connectivity index (χ1n) is 9.81. The fourth-order valence-corrected chi connectivity index (χ4v) is 4.07. The zero-order valence-electron chi connectivity index (χ0n) is 16.2. The number of rotatable bonds is 4. The van der Waals surface area contributed by atoms with Gasteiger partial charge < -0.3 is 4.98 Å². The summed E-state index contributed by atoms with van der Waals surface area (Å²) in [5.41, 5.74) is 2.78. The second kappa shape index (κ2) is 7.41. The lowest BCUT2D eigenvalue weighted by atomic mass is 9.68. The molecule has 0 radical (unpaired) electrons. The van der Waals surface area contributed by atoms with Gasteiger partial charge in [-0.05, 0) is 22.8 Å². The Morgan fingerprint density at radius 2 is 1.13 bits per heavy atom. The van der Waals surface area contributed by atoms with Gasteiger partial charge in [0.1, 0.15) is 16.9 Å². The van der Waals surface area contributed by atoms with Gasteiger partial charge in [-0.1, -0.05) is 91.0 Å². The van der Waals surface area contributed by atoms with Crippen molar-refractivity contribution in [1.29, 1.82) is 0 Å². The summed E-state index contributed by atoms with van der Waals surface area (Å²) in [6.45, 7) is 0. The average molecular weight is 389 g/mol. The van der Waals surface area contributed by atoms with E-state index in [0.717, 1.165) is 22.1 Å². The maximum absolute atomic E-state index is 11.9. The van der Waals surface area contributed by atoms with E-state index in [0.29, 0.717) is 11.5 Å². The number of aromatic nitrogens is 3. The molecule has 1 N–H and O–H groups in total. The minimum absolute atomic E-state index is 0.183. The average Bonchev–Trinajstić information content (AvgIpc) is 2.81. The molecule has 0 aliphatic rings. The number of aromatic amines is 1. The maximum atomic E-state index is 11.9. The van der Waals surface area contributed by atoms with Crippen molar-refractivity contribution in [2.75, 3.05) is 0 Å². The van der Waals surface area contributed by atoms with Crippen molar-refractivity contribution in [3.8, 4) is 0 Å². The molecule has 2 aromatic heterocycles. The molecule has 30 heavy (non-hydrogen) atoms. The quantitative estimate of drug-likeness (QED) is 0.453. The Bertz CT molecular complexity index is 1250. The van der Waals surface area contributed by atoms with Crippen molar-refractivity contribution in [3.05, 3.63) is 142 Å². The molecule has 5 aromatic rings. The third-order valence-corrected chi connectivity index (χ3v) is 5.43. The Morgan fingerprint density at radius 1 is 0.633 bits per heavy atom. The second-order valence-electron chi connectivity index (χ2n) is 7.17. The summed E-state index contributed by atoms with van der Waals surface area (Å²) in [5, 5.41) is 0.793. The van der Waals surface area contributed by atoms with E-state index in [2.05, 4.69) is 41.4 Å². The third kappa shape index (κ3) is 2.90. The van der Waals surface area contributed by atoms with Crippen LogP contribution in [0.1, 0.15) is 22.5 Å². The number of nitrogens with one attached hydrogen (secondary N) is 1. The Hall–Kier alpha value is -4.05. The van der Waals surface area contributed by atoms with Crippen LogP contribution >= 0.6 is 0 Å². The van der Waals surface area contributed by atoms with Gasteiger partial charge in [0, 0.05) is 17.6 Å². The van der Waals surface area contributed by atoms with Crippen LogP contribution in [0.3, 0.4) is 0 Å². The maximum Gasteiger partial charge on any atom is 0.249 e. The second-order valence-corrected chi connectivity index (χ2v) is 7.17. The third-order valence-electron chi connectivity index (χ3n) is 5.43. The lowest BCUT2D eigenvalue weighted by molar-refractivity contribution is 0.683. The fourth-order valence-electron chi connectivity index (χ4n) is 4.07. The van der Waals surface area contributed by atoms with Crippen LogP contribution in [0.4, 0.5) is 0 Å². The number of pyridine rings is 1. The van der Waals surface area contributed by atoms with Crippen LogP contribution < -0.4 is 5.56 Å². The highest BCUT2D eigenvalue weighted by Gasteiger charge is 2.41. The summed E-state index contributed by atoms with van der Waals surface area (Å²) >= 11 is 0. The van der Waals surface area contributed by atoms with Gasteiger partial charge in [-0.3, -0.25) is 4.79 Å². The predicted molar refractivity (Wildman–Crippen MR) is 118 cm³/mol. The van der Waals surface area contributed by atoms with E-state index in [9.17, 15) is 4.79 Å². The van der Waals surface area contributed by atoms with Crippen molar-refractivity contribution in [2.45, 2.75) is 5.41 Å². The van der Waals surface area contributed by atoms with E-state index in [1.807, 2.05) is 54.6 Å².